The van der Waals surface area contributed by atoms with Crippen molar-refractivity contribution in [3.05, 3.63) is 23.8 Å². The van der Waals surface area contributed by atoms with Crippen molar-refractivity contribution in [2.24, 2.45) is 5.73 Å². The third-order valence-electron chi connectivity index (χ3n) is 3.68. The molecule has 1 amide bonds. The molecule has 0 spiro atoms. The molecule has 4 heteroatoms. The summed E-state index contributed by atoms with van der Waals surface area (Å²) in [5.74, 6) is -0.404. The average molecular weight is 247 g/mol. The van der Waals surface area contributed by atoms with E-state index in [-0.39, 0.29) is 0 Å². The molecule has 1 heterocycles. The van der Waals surface area contributed by atoms with Crippen LogP contribution in [0.15, 0.2) is 18.2 Å². The predicted molar refractivity (Wildman–Crippen MR) is 74.6 cm³/mol. The maximum atomic E-state index is 11.3. The molecule has 0 radical (unpaired) electrons. The number of nitrogen functional groups attached to an aromatic ring is 1. The maximum Gasteiger partial charge on any atom is 0.248 e. The van der Waals surface area contributed by atoms with Crippen molar-refractivity contribution in [1.82, 2.24) is 0 Å². The van der Waals surface area contributed by atoms with Gasteiger partial charge < -0.3 is 16.4 Å². The number of benzene rings is 1. The van der Waals surface area contributed by atoms with Crippen molar-refractivity contribution in [3.63, 3.8) is 0 Å². The molecule has 98 valence electrons. The fourth-order valence-corrected chi connectivity index (χ4v) is 2.58. The average Bonchev–Trinajstić information content (AvgIpc) is 2.54. The van der Waals surface area contributed by atoms with E-state index in [2.05, 4.69) is 11.8 Å². The van der Waals surface area contributed by atoms with Crippen LogP contribution in [-0.2, 0) is 0 Å². The Hall–Kier alpha value is -1.71. The zero-order valence-corrected chi connectivity index (χ0v) is 10.9. The number of carbonyl (C=O) groups excluding carboxylic acids is 1. The lowest BCUT2D eigenvalue weighted by Gasteiger charge is -2.30. The van der Waals surface area contributed by atoms with Crippen LogP contribution in [0.25, 0.3) is 0 Å². The van der Waals surface area contributed by atoms with Gasteiger partial charge in [-0.15, -0.1) is 0 Å². The minimum Gasteiger partial charge on any atom is -0.397 e. The molecule has 18 heavy (non-hydrogen) atoms. The molecule has 1 aliphatic heterocycles. The summed E-state index contributed by atoms with van der Waals surface area (Å²) in [7, 11) is 0. The molecule has 1 aromatic rings. The fourth-order valence-electron chi connectivity index (χ4n) is 2.58. The van der Waals surface area contributed by atoms with Crippen molar-refractivity contribution in [2.45, 2.75) is 38.6 Å². The fraction of sp³-hybridized carbons (Fsp3) is 0.500. The van der Waals surface area contributed by atoms with E-state index in [0.29, 0.717) is 17.3 Å². The number of rotatable bonds is 2. The number of primary amides is 1. The number of amides is 1. The molecular weight excluding hydrogens is 226 g/mol. The van der Waals surface area contributed by atoms with E-state index in [4.69, 9.17) is 11.5 Å². The number of hydrogen-bond acceptors (Lipinski definition) is 3. The second-order valence-electron chi connectivity index (χ2n) is 5.03. The highest BCUT2D eigenvalue weighted by molar-refractivity contribution is 5.95. The quantitative estimate of drug-likeness (QED) is 0.786. The highest BCUT2D eigenvalue weighted by atomic mass is 16.1. The molecule has 1 atom stereocenters. The van der Waals surface area contributed by atoms with Crippen molar-refractivity contribution in [1.29, 1.82) is 0 Å². The largest absolute Gasteiger partial charge is 0.397 e. The van der Waals surface area contributed by atoms with Gasteiger partial charge in [-0.1, -0.05) is 12.8 Å². The topological polar surface area (TPSA) is 72.3 Å². The maximum absolute atomic E-state index is 11.3. The smallest absolute Gasteiger partial charge is 0.248 e. The Bertz CT molecular complexity index is 445. The molecule has 4 N–H and O–H groups in total. The van der Waals surface area contributed by atoms with Gasteiger partial charge in [0.1, 0.15) is 0 Å². The van der Waals surface area contributed by atoms with Crippen LogP contribution in [-0.4, -0.2) is 18.5 Å². The van der Waals surface area contributed by atoms with Crippen LogP contribution in [0.5, 0.6) is 0 Å². The molecule has 0 aromatic heterocycles. The van der Waals surface area contributed by atoms with Crippen LogP contribution < -0.4 is 16.4 Å². The number of carbonyl (C=O) groups is 1. The first-order valence-electron chi connectivity index (χ1n) is 6.55. The highest BCUT2D eigenvalue weighted by Crippen LogP contribution is 2.29. The highest BCUT2D eigenvalue weighted by Gasteiger charge is 2.19. The molecular formula is C14H21N3O. The Labute approximate surface area is 108 Å². The number of nitrogens with two attached hydrogens (primary N) is 2. The SMILES string of the molecule is CC1CCCCCN1c1cc(C(N)=O)ccc1N. The standard InChI is InChI=1S/C14H21N3O/c1-10-5-3-2-4-8-17(10)13-9-11(14(16)18)6-7-12(13)15/h6-7,9-10H,2-5,8,15H2,1H3,(H2,16,18). The Morgan fingerprint density at radius 1 is 1.33 bits per heavy atom. The lowest BCUT2D eigenvalue weighted by Crippen LogP contribution is -2.33. The molecule has 1 fully saturated rings. The lowest BCUT2D eigenvalue weighted by atomic mass is 10.1. The van der Waals surface area contributed by atoms with Gasteiger partial charge in [0.15, 0.2) is 0 Å². The van der Waals surface area contributed by atoms with Gasteiger partial charge in [-0.3, -0.25) is 4.79 Å². The summed E-state index contributed by atoms with van der Waals surface area (Å²) >= 11 is 0. The lowest BCUT2D eigenvalue weighted by molar-refractivity contribution is 0.100. The number of nitrogens with zero attached hydrogens (tertiary/aromatic N) is 1. The van der Waals surface area contributed by atoms with Crippen LogP contribution in [0, 0.1) is 0 Å². The second-order valence-corrected chi connectivity index (χ2v) is 5.03. The van der Waals surface area contributed by atoms with Gasteiger partial charge in [0, 0.05) is 18.2 Å². The van der Waals surface area contributed by atoms with Gasteiger partial charge >= 0.3 is 0 Å². The normalized spacial score (nSPS) is 20.5. The molecule has 2 rings (SSSR count). The van der Waals surface area contributed by atoms with Gasteiger partial charge in [0.25, 0.3) is 0 Å². The third-order valence-corrected chi connectivity index (χ3v) is 3.68. The van der Waals surface area contributed by atoms with E-state index < -0.39 is 5.91 Å². The van der Waals surface area contributed by atoms with Crippen molar-refractivity contribution in [2.75, 3.05) is 17.2 Å². The minimum atomic E-state index is -0.404. The second kappa shape index (κ2) is 5.29. The van der Waals surface area contributed by atoms with E-state index in [1.807, 2.05) is 6.07 Å². The summed E-state index contributed by atoms with van der Waals surface area (Å²) in [4.78, 5) is 13.6. The first-order valence-corrected chi connectivity index (χ1v) is 6.55. The number of anilines is 2. The summed E-state index contributed by atoms with van der Waals surface area (Å²) in [5, 5.41) is 0. The zero-order valence-electron chi connectivity index (χ0n) is 10.9. The summed E-state index contributed by atoms with van der Waals surface area (Å²) in [6.45, 7) is 3.20. The Balaban J connectivity index is 2.35. The molecule has 4 nitrogen and oxygen atoms in total. The number of hydrogen-bond donors (Lipinski definition) is 2. The van der Waals surface area contributed by atoms with Crippen LogP contribution in [0.1, 0.15) is 43.0 Å². The van der Waals surface area contributed by atoms with Gasteiger partial charge in [-0.2, -0.15) is 0 Å². The van der Waals surface area contributed by atoms with E-state index in [9.17, 15) is 4.79 Å². The minimum absolute atomic E-state index is 0.404. The van der Waals surface area contributed by atoms with E-state index in [1.165, 1.54) is 25.7 Å². The summed E-state index contributed by atoms with van der Waals surface area (Å²) < 4.78 is 0. The van der Waals surface area contributed by atoms with Crippen LogP contribution in [0.4, 0.5) is 11.4 Å². The molecule has 0 bridgehead atoms. The summed E-state index contributed by atoms with van der Waals surface area (Å²) in [6, 6.07) is 5.73. The zero-order chi connectivity index (χ0) is 13.1. The predicted octanol–water partition coefficient (Wildman–Crippen LogP) is 2.14. The van der Waals surface area contributed by atoms with E-state index in [1.54, 1.807) is 12.1 Å². The Morgan fingerprint density at radius 2 is 2.11 bits per heavy atom. The summed E-state index contributed by atoms with van der Waals surface area (Å²) in [5.41, 5.74) is 13.6. The molecule has 1 saturated heterocycles. The van der Waals surface area contributed by atoms with Gasteiger partial charge in [-0.25, -0.2) is 0 Å². The van der Waals surface area contributed by atoms with Crippen LogP contribution >= 0.6 is 0 Å². The van der Waals surface area contributed by atoms with Crippen LogP contribution in [0.3, 0.4) is 0 Å². The van der Waals surface area contributed by atoms with Crippen molar-refractivity contribution < 1.29 is 4.79 Å². The Morgan fingerprint density at radius 3 is 2.83 bits per heavy atom. The van der Waals surface area contributed by atoms with Crippen molar-refractivity contribution in [3.8, 4) is 0 Å². The molecule has 0 saturated carbocycles. The monoisotopic (exact) mass is 247 g/mol. The summed E-state index contributed by atoms with van der Waals surface area (Å²) in [6.07, 6.45) is 4.86. The van der Waals surface area contributed by atoms with Gasteiger partial charge in [-0.05, 0) is 38.0 Å². The van der Waals surface area contributed by atoms with Crippen LogP contribution in [0.2, 0.25) is 0 Å². The van der Waals surface area contributed by atoms with E-state index >= 15 is 0 Å². The molecule has 1 unspecified atom stereocenters. The van der Waals surface area contributed by atoms with Crippen molar-refractivity contribution >= 4 is 17.3 Å². The first-order chi connectivity index (χ1) is 8.59. The van der Waals surface area contributed by atoms with E-state index in [0.717, 1.165) is 12.2 Å². The van der Waals surface area contributed by atoms with Gasteiger partial charge in [0.2, 0.25) is 5.91 Å². The third kappa shape index (κ3) is 2.58. The Kier molecular flexibility index (Phi) is 3.75. The molecule has 0 aliphatic carbocycles. The first kappa shape index (κ1) is 12.7. The van der Waals surface area contributed by atoms with Gasteiger partial charge in [0.05, 0.1) is 11.4 Å². The molecule has 1 aromatic carbocycles. The molecule has 1 aliphatic rings.